The molecule has 5 heteroatoms. The van der Waals surface area contributed by atoms with Crippen LogP contribution < -0.4 is 0 Å². The quantitative estimate of drug-likeness (QED) is 0.793. The number of likely N-dealkylation sites (N-methyl/N-ethyl adjacent to an activating group) is 1. The fourth-order valence-electron chi connectivity index (χ4n) is 2.82. The average molecular weight is 270 g/mol. The lowest BCUT2D eigenvalue weighted by molar-refractivity contribution is -0.139. The Hall–Kier alpha value is -1.10. The van der Waals surface area contributed by atoms with E-state index >= 15 is 0 Å². The van der Waals surface area contributed by atoms with Crippen LogP contribution in [0.2, 0.25) is 0 Å². The van der Waals surface area contributed by atoms with Crippen LogP contribution in [0.1, 0.15) is 40.0 Å². The minimum Gasteiger partial charge on any atom is -0.481 e. The Morgan fingerprint density at radius 2 is 2.00 bits per heavy atom. The zero-order chi connectivity index (χ0) is 14.4. The summed E-state index contributed by atoms with van der Waals surface area (Å²) in [7, 11) is 0. The monoisotopic (exact) mass is 270 g/mol. The molecule has 0 spiro atoms. The van der Waals surface area contributed by atoms with Crippen LogP contribution in [0.3, 0.4) is 0 Å². The van der Waals surface area contributed by atoms with Crippen molar-refractivity contribution in [2.24, 2.45) is 5.92 Å². The number of rotatable bonds is 6. The molecular weight excluding hydrogens is 244 g/mol. The summed E-state index contributed by atoms with van der Waals surface area (Å²) in [5, 5.41) is 8.87. The minimum absolute atomic E-state index is 0.142. The van der Waals surface area contributed by atoms with Crippen molar-refractivity contribution in [3.8, 4) is 0 Å². The lowest BCUT2D eigenvalue weighted by Gasteiger charge is -2.37. The summed E-state index contributed by atoms with van der Waals surface area (Å²) in [6.07, 6.45) is 2.14. The molecular formula is C14H26N2O3. The third-order valence-electron chi connectivity index (χ3n) is 3.99. The van der Waals surface area contributed by atoms with Crippen molar-refractivity contribution in [1.29, 1.82) is 0 Å². The highest BCUT2D eigenvalue weighted by molar-refractivity contribution is 5.81. The largest absolute Gasteiger partial charge is 0.481 e. The number of piperidine rings is 1. The molecule has 1 aliphatic rings. The molecule has 1 rings (SSSR count). The van der Waals surface area contributed by atoms with Gasteiger partial charge in [0.15, 0.2) is 0 Å². The molecule has 1 amide bonds. The summed E-state index contributed by atoms with van der Waals surface area (Å²) >= 11 is 0. The summed E-state index contributed by atoms with van der Waals surface area (Å²) in [5.74, 6) is -0.409. The molecule has 19 heavy (non-hydrogen) atoms. The van der Waals surface area contributed by atoms with E-state index in [1.54, 1.807) is 0 Å². The maximum absolute atomic E-state index is 12.3. The van der Waals surface area contributed by atoms with E-state index in [4.69, 9.17) is 5.11 Å². The molecule has 1 heterocycles. The lowest BCUT2D eigenvalue weighted by atomic mass is 9.94. The number of hydrogen-bond donors (Lipinski definition) is 1. The Kier molecular flexibility index (Phi) is 6.28. The molecule has 2 unspecified atom stereocenters. The van der Waals surface area contributed by atoms with Crippen LogP contribution in [-0.2, 0) is 9.59 Å². The van der Waals surface area contributed by atoms with Gasteiger partial charge in [-0.15, -0.1) is 0 Å². The van der Waals surface area contributed by atoms with Crippen LogP contribution in [0, 0.1) is 5.92 Å². The predicted octanol–water partition coefficient (Wildman–Crippen LogP) is 1.43. The van der Waals surface area contributed by atoms with Crippen molar-refractivity contribution in [3.05, 3.63) is 0 Å². The van der Waals surface area contributed by atoms with E-state index in [-0.39, 0.29) is 24.3 Å². The third-order valence-corrected chi connectivity index (χ3v) is 3.99. The van der Waals surface area contributed by atoms with Gasteiger partial charge in [-0.3, -0.25) is 14.5 Å². The van der Waals surface area contributed by atoms with Crippen molar-refractivity contribution in [1.82, 2.24) is 9.80 Å². The molecule has 0 bridgehead atoms. The smallest absolute Gasteiger partial charge is 0.303 e. The van der Waals surface area contributed by atoms with Gasteiger partial charge in [-0.25, -0.2) is 0 Å². The molecule has 1 saturated heterocycles. The number of hydrogen-bond acceptors (Lipinski definition) is 3. The lowest BCUT2D eigenvalue weighted by Crippen LogP contribution is -2.50. The van der Waals surface area contributed by atoms with E-state index in [1.807, 2.05) is 25.7 Å². The number of carboxylic acid groups (broad SMARTS) is 1. The second kappa shape index (κ2) is 7.48. The van der Waals surface area contributed by atoms with Gasteiger partial charge in [-0.1, -0.05) is 0 Å². The van der Waals surface area contributed by atoms with Crippen molar-refractivity contribution in [3.63, 3.8) is 0 Å². The zero-order valence-corrected chi connectivity index (χ0v) is 12.3. The van der Waals surface area contributed by atoms with Gasteiger partial charge in [0.2, 0.25) is 5.91 Å². The van der Waals surface area contributed by atoms with Crippen LogP contribution in [0.5, 0.6) is 0 Å². The van der Waals surface area contributed by atoms with Crippen LogP contribution in [0.25, 0.3) is 0 Å². The van der Waals surface area contributed by atoms with Gasteiger partial charge in [0.05, 0.1) is 6.04 Å². The van der Waals surface area contributed by atoms with E-state index in [9.17, 15) is 9.59 Å². The Morgan fingerprint density at radius 3 is 2.53 bits per heavy atom. The van der Waals surface area contributed by atoms with Crippen LogP contribution in [0.15, 0.2) is 0 Å². The number of carboxylic acids is 1. The first-order chi connectivity index (χ1) is 8.99. The summed E-state index contributed by atoms with van der Waals surface area (Å²) in [4.78, 5) is 27.1. The van der Waals surface area contributed by atoms with Crippen LogP contribution in [-0.4, -0.2) is 59.0 Å². The number of carbonyl (C=O) groups excluding carboxylic acids is 1. The van der Waals surface area contributed by atoms with Gasteiger partial charge in [-0.05, 0) is 46.1 Å². The van der Waals surface area contributed by atoms with Gasteiger partial charge in [-0.2, -0.15) is 0 Å². The zero-order valence-electron chi connectivity index (χ0n) is 12.3. The molecule has 1 fully saturated rings. The first-order valence-electron chi connectivity index (χ1n) is 7.24. The SMILES string of the molecule is CCN(CC)C(=O)C(C)N1CCCC(CC(=O)O)C1. The predicted molar refractivity (Wildman–Crippen MR) is 73.9 cm³/mol. The standard InChI is InChI=1S/C14H26N2O3/c1-4-15(5-2)14(19)11(3)16-8-6-7-12(10-16)9-13(17)18/h11-12H,4-10H2,1-3H3,(H,17,18). The van der Waals surface area contributed by atoms with Crippen molar-refractivity contribution in [2.45, 2.75) is 46.1 Å². The van der Waals surface area contributed by atoms with Crippen molar-refractivity contribution < 1.29 is 14.7 Å². The second-order valence-electron chi connectivity index (χ2n) is 5.29. The van der Waals surface area contributed by atoms with Crippen molar-refractivity contribution >= 4 is 11.9 Å². The number of amides is 1. The molecule has 0 saturated carbocycles. The van der Waals surface area contributed by atoms with Gasteiger partial charge in [0.25, 0.3) is 0 Å². The molecule has 0 radical (unpaired) electrons. The molecule has 1 aliphatic heterocycles. The molecule has 1 N–H and O–H groups in total. The van der Waals surface area contributed by atoms with E-state index in [2.05, 4.69) is 4.90 Å². The number of aliphatic carboxylic acids is 1. The van der Waals surface area contributed by atoms with Gasteiger partial charge < -0.3 is 10.0 Å². The normalized spacial score (nSPS) is 21.9. The highest BCUT2D eigenvalue weighted by Gasteiger charge is 2.29. The Balaban J connectivity index is 2.58. The Morgan fingerprint density at radius 1 is 1.37 bits per heavy atom. The summed E-state index contributed by atoms with van der Waals surface area (Å²) < 4.78 is 0. The van der Waals surface area contributed by atoms with E-state index < -0.39 is 5.97 Å². The first kappa shape index (κ1) is 16.0. The molecule has 0 aromatic carbocycles. The Labute approximate surface area is 115 Å². The third kappa shape index (κ3) is 4.49. The molecule has 2 atom stereocenters. The minimum atomic E-state index is -0.741. The van der Waals surface area contributed by atoms with Crippen LogP contribution >= 0.6 is 0 Å². The second-order valence-corrected chi connectivity index (χ2v) is 5.29. The van der Waals surface area contributed by atoms with Crippen LogP contribution in [0.4, 0.5) is 0 Å². The van der Waals surface area contributed by atoms with Gasteiger partial charge in [0.1, 0.15) is 0 Å². The summed E-state index contributed by atoms with van der Waals surface area (Å²) in [6.45, 7) is 8.97. The molecule has 0 aliphatic carbocycles. The summed E-state index contributed by atoms with van der Waals surface area (Å²) in [5.41, 5.74) is 0. The highest BCUT2D eigenvalue weighted by Crippen LogP contribution is 2.21. The van der Waals surface area contributed by atoms with E-state index in [0.717, 1.165) is 39.0 Å². The fourth-order valence-corrected chi connectivity index (χ4v) is 2.82. The summed E-state index contributed by atoms with van der Waals surface area (Å²) in [6, 6.07) is -0.142. The molecule has 110 valence electrons. The Bertz CT molecular complexity index is 316. The molecule has 0 aromatic rings. The number of likely N-dealkylation sites (tertiary alicyclic amines) is 1. The maximum atomic E-state index is 12.3. The molecule has 0 aromatic heterocycles. The van der Waals surface area contributed by atoms with E-state index in [0.29, 0.717) is 0 Å². The van der Waals surface area contributed by atoms with Gasteiger partial charge in [0, 0.05) is 26.1 Å². The first-order valence-corrected chi connectivity index (χ1v) is 7.24. The number of carbonyl (C=O) groups is 2. The highest BCUT2D eigenvalue weighted by atomic mass is 16.4. The molecule has 5 nitrogen and oxygen atoms in total. The van der Waals surface area contributed by atoms with Gasteiger partial charge >= 0.3 is 5.97 Å². The van der Waals surface area contributed by atoms with E-state index in [1.165, 1.54) is 0 Å². The number of nitrogens with zero attached hydrogens (tertiary/aromatic N) is 2. The average Bonchev–Trinajstić information content (AvgIpc) is 2.38. The van der Waals surface area contributed by atoms with Crippen molar-refractivity contribution in [2.75, 3.05) is 26.2 Å². The maximum Gasteiger partial charge on any atom is 0.303 e. The topological polar surface area (TPSA) is 60.9 Å². The fraction of sp³-hybridized carbons (Fsp3) is 0.857.